The average molecular weight is 273 g/mol. The summed E-state index contributed by atoms with van der Waals surface area (Å²) < 4.78 is 43.5. The molecule has 1 saturated heterocycles. The van der Waals surface area contributed by atoms with Crippen LogP contribution in [0.3, 0.4) is 0 Å². The van der Waals surface area contributed by atoms with Crippen LogP contribution in [0.1, 0.15) is 34.1 Å². The van der Waals surface area contributed by atoms with Crippen molar-refractivity contribution in [2.45, 2.75) is 46.6 Å². The van der Waals surface area contributed by atoms with E-state index in [-0.39, 0.29) is 0 Å². The quantitative estimate of drug-likeness (QED) is 0.787. The average Bonchev–Trinajstić information content (AvgIpc) is 2.77. The lowest BCUT2D eigenvalue weighted by molar-refractivity contribution is -0.340. The first-order valence-corrected chi connectivity index (χ1v) is 6.38. The molecule has 1 atom stereocenters. The summed E-state index contributed by atoms with van der Waals surface area (Å²) in [5, 5.41) is 0. The molecule has 0 aromatic heterocycles. The van der Waals surface area contributed by atoms with Crippen LogP contribution in [0.4, 0.5) is 13.2 Å². The molecule has 18 heavy (non-hydrogen) atoms. The van der Waals surface area contributed by atoms with Crippen molar-refractivity contribution in [2.75, 3.05) is 33.4 Å². The molecule has 0 radical (unpaired) electrons. The number of hydrogen-bond donors (Lipinski definition) is 0. The Hall–Kier alpha value is -0.330. The Morgan fingerprint density at radius 1 is 1.22 bits per heavy atom. The SMILES string of the molecule is CC.CCN1CCC(OC(F)(F)F)C1.CCOC. The Morgan fingerprint density at radius 2 is 1.72 bits per heavy atom. The zero-order chi connectivity index (χ0) is 14.6. The molecule has 0 amide bonds. The molecule has 0 N–H and O–H groups in total. The van der Waals surface area contributed by atoms with Gasteiger partial charge in [0.15, 0.2) is 0 Å². The smallest absolute Gasteiger partial charge is 0.385 e. The number of likely N-dealkylation sites (N-methyl/N-ethyl adjacent to an activating group) is 1. The fourth-order valence-electron chi connectivity index (χ4n) is 1.37. The van der Waals surface area contributed by atoms with Crippen molar-refractivity contribution in [3.8, 4) is 0 Å². The third kappa shape index (κ3) is 12.1. The van der Waals surface area contributed by atoms with Gasteiger partial charge in [-0.25, -0.2) is 0 Å². The maximum atomic E-state index is 11.7. The van der Waals surface area contributed by atoms with Gasteiger partial charge < -0.3 is 9.64 Å². The Kier molecular flexibility index (Phi) is 13.0. The van der Waals surface area contributed by atoms with E-state index in [0.717, 1.165) is 13.2 Å². The summed E-state index contributed by atoms with van der Waals surface area (Å²) >= 11 is 0. The lowest BCUT2D eigenvalue weighted by atomic mass is 10.3. The molecule has 1 fully saturated rings. The highest BCUT2D eigenvalue weighted by Crippen LogP contribution is 2.23. The Balaban J connectivity index is 0. The molecule has 0 aromatic rings. The monoisotopic (exact) mass is 273 g/mol. The van der Waals surface area contributed by atoms with Gasteiger partial charge in [-0.15, -0.1) is 13.2 Å². The Bertz CT molecular complexity index is 175. The maximum Gasteiger partial charge on any atom is 0.522 e. The first-order valence-electron chi connectivity index (χ1n) is 6.38. The number of nitrogens with zero attached hydrogens (tertiary/aromatic N) is 1. The van der Waals surface area contributed by atoms with E-state index in [1.54, 1.807) is 7.11 Å². The van der Waals surface area contributed by atoms with Crippen LogP contribution in [0.2, 0.25) is 0 Å². The van der Waals surface area contributed by atoms with E-state index in [4.69, 9.17) is 0 Å². The van der Waals surface area contributed by atoms with Gasteiger partial charge >= 0.3 is 6.36 Å². The predicted octanol–water partition coefficient (Wildman–Crippen LogP) is 3.30. The van der Waals surface area contributed by atoms with E-state index in [2.05, 4.69) is 9.47 Å². The Labute approximate surface area is 108 Å². The summed E-state index contributed by atoms with van der Waals surface area (Å²) in [7, 11) is 1.68. The third-order valence-corrected chi connectivity index (χ3v) is 2.27. The van der Waals surface area contributed by atoms with Crippen LogP contribution < -0.4 is 0 Å². The summed E-state index contributed by atoms with van der Waals surface area (Å²) in [5.41, 5.74) is 0. The molecule has 0 spiro atoms. The van der Waals surface area contributed by atoms with Crippen LogP contribution in [-0.2, 0) is 9.47 Å². The summed E-state index contributed by atoms with van der Waals surface area (Å²) in [5.74, 6) is 0. The molecular formula is C12H26F3NO2. The Morgan fingerprint density at radius 3 is 2.00 bits per heavy atom. The summed E-state index contributed by atoms with van der Waals surface area (Å²) in [4.78, 5) is 1.94. The van der Waals surface area contributed by atoms with Crippen molar-refractivity contribution in [1.29, 1.82) is 0 Å². The van der Waals surface area contributed by atoms with Crippen LogP contribution >= 0.6 is 0 Å². The number of hydrogen-bond acceptors (Lipinski definition) is 3. The number of rotatable bonds is 3. The van der Waals surface area contributed by atoms with E-state index in [9.17, 15) is 13.2 Å². The highest BCUT2D eigenvalue weighted by Gasteiger charge is 2.36. The van der Waals surface area contributed by atoms with Crippen molar-refractivity contribution in [3.63, 3.8) is 0 Å². The minimum Gasteiger partial charge on any atom is -0.385 e. The van der Waals surface area contributed by atoms with Crippen LogP contribution in [0, 0.1) is 0 Å². The third-order valence-electron chi connectivity index (χ3n) is 2.27. The first kappa shape index (κ1) is 20.0. The molecule has 6 heteroatoms. The number of ether oxygens (including phenoxy) is 2. The molecule has 1 heterocycles. The predicted molar refractivity (Wildman–Crippen MR) is 66.6 cm³/mol. The molecule has 1 rings (SSSR count). The van der Waals surface area contributed by atoms with Crippen LogP contribution in [0.5, 0.6) is 0 Å². The van der Waals surface area contributed by atoms with E-state index in [1.807, 2.05) is 32.6 Å². The minimum atomic E-state index is -4.48. The largest absolute Gasteiger partial charge is 0.522 e. The standard InChI is InChI=1S/C7H12F3NO.C3H8O.C2H6/c1-2-11-4-3-6(5-11)12-7(8,9)10;1-3-4-2;1-2/h6H,2-5H2,1H3;3H2,1-2H3;1-2H3. The van der Waals surface area contributed by atoms with Crippen molar-refractivity contribution >= 4 is 0 Å². The van der Waals surface area contributed by atoms with E-state index >= 15 is 0 Å². The molecule has 1 aliphatic heterocycles. The van der Waals surface area contributed by atoms with Crippen molar-refractivity contribution < 1.29 is 22.6 Å². The van der Waals surface area contributed by atoms with Gasteiger partial charge in [0, 0.05) is 26.8 Å². The van der Waals surface area contributed by atoms with Gasteiger partial charge in [-0.3, -0.25) is 4.74 Å². The number of methoxy groups -OCH3 is 1. The second kappa shape index (κ2) is 11.7. The highest BCUT2D eigenvalue weighted by molar-refractivity contribution is 4.75. The van der Waals surface area contributed by atoms with Gasteiger partial charge in [0.05, 0.1) is 6.10 Å². The molecule has 0 aromatic carbocycles. The van der Waals surface area contributed by atoms with Gasteiger partial charge in [-0.2, -0.15) is 0 Å². The topological polar surface area (TPSA) is 21.7 Å². The normalized spacial score (nSPS) is 19.7. The molecule has 0 aliphatic carbocycles. The molecule has 3 nitrogen and oxygen atoms in total. The highest BCUT2D eigenvalue weighted by atomic mass is 19.4. The number of likely N-dealkylation sites (tertiary alicyclic amines) is 1. The zero-order valence-corrected chi connectivity index (χ0v) is 12.0. The van der Waals surface area contributed by atoms with Crippen molar-refractivity contribution in [1.82, 2.24) is 4.90 Å². The first-order chi connectivity index (χ1) is 8.42. The molecule has 0 bridgehead atoms. The fraction of sp³-hybridized carbons (Fsp3) is 1.00. The lowest BCUT2D eigenvalue weighted by Gasteiger charge is -2.15. The molecule has 1 unspecified atom stereocenters. The lowest BCUT2D eigenvalue weighted by Crippen LogP contribution is -2.27. The van der Waals surface area contributed by atoms with E-state index in [1.165, 1.54) is 0 Å². The molecule has 0 saturated carbocycles. The van der Waals surface area contributed by atoms with Crippen LogP contribution in [0.25, 0.3) is 0 Å². The van der Waals surface area contributed by atoms with E-state index < -0.39 is 12.5 Å². The summed E-state index contributed by atoms with van der Waals surface area (Å²) in [6.45, 7) is 10.6. The molecule has 1 aliphatic rings. The van der Waals surface area contributed by atoms with Crippen molar-refractivity contribution in [3.05, 3.63) is 0 Å². The van der Waals surface area contributed by atoms with Gasteiger partial charge in [0.25, 0.3) is 0 Å². The van der Waals surface area contributed by atoms with E-state index in [0.29, 0.717) is 19.5 Å². The van der Waals surface area contributed by atoms with Crippen LogP contribution in [0.15, 0.2) is 0 Å². The van der Waals surface area contributed by atoms with Gasteiger partial charge in [-0.05, 0) is 19.9 Å². The minimum absolute atomic E-state index is 0.399. The van der Waals surface area contributed by atoms with Crippen LogP contribution in [-0.4, -0.2) is 50.7 Å². The second-order valence-electron chi connectivity index (χ2n) is 3.44. The van der Waals surface area contributed by atoms with Crippen molar-refractivity contribution in [2.24, 2.45) is 0 Å². The molecular weight excluding hydrogens is 247 g/mol. The zero-order valence-electron chi connectivity index (χ0n) is 12.0. The molecule has 112 valence electrons. The van der Waals surface area contributed by atoms with Gasteiger partial charge in [-0.1, -0.05) is 20.8 Å². The summed E-state index contributed by atoms with van der Waals surface area (Å²) in [6, 6.07) is 0. The summed E-state index contributed by atoms with van der Waals surface area (Å²) in [6.07, 6.45) is -4.66. The number of halogens is 3. The number of alkyl halides is 3. The maximum absolute atomic E-state index is 11.7. The van der Waals surface area contributed by atoms with Gasteiger partial charge in [0.2, 0.25) is 0 Å². The van der Waals surface area contributed by atoms with Gasteiger partial charge in [0.1, 0.15) is 0 Å². The fourth-order valence-corrected chi connectivity index (χ4v) is 1.37. The second-order valence-corrected chi connectivity index (χ2v) is 3.44.